The minimum atomic E-state index is -0.590. The zero-order valence-electron chi connectivity index (χ0n) is 9.77. The van der Waals surface area contributed by atoms with Crippen LogP contribution in [0.1, 0.15) is 12.8 Å². The Morgan fingerprint density at radius 1 is 0.938 bits per heavy atom. The fourth-order valence-corrected chi connectivity index (χ4v) is 1.57. The number of methoxy groups -OCH3 is 2. The molecular weight excluding hydrogens is 212 g/mol. The van der Waals surface area contributed by atoms with Crippen LogP contribution in [0, 0.1) is 11.8 Å². The molecule has 6 nitrogen and oxygen atoms in total. The molecule has 0 saturated heterocycles. The zero-order valence-corrected chi connectivity index (χ0v) is 9.77. The molecule has 0 aromatic rings. The predicted molar refractivity (Wildman–Crippen MR) is 58.4 cm³/mol. The molecule has 2 unspecified atom stereocenters. The van der Waals surface area contributed by atoms with E-state index < -0.39 is 23.7 Å². The van der Waals surface area contributed by atoms with Crippen molar-refractivity contribution in [2.24, 2.45) is 23.3 Å². The van der Waals surface area contributed by atoms with Crippen LogP contribution in [0.3, 0.4) is 0 Å². The average Bonchev–Trinajstić information content (AvgIpc) is 2.21. The smallest absolute Gasteiger partial charge is 0.221 e. The van der Waals surface area contributed by atoms with E-state index in [1.165, 1.54) is 14.2 Å². The Labute approximate surface area is 95.3 Å². The molecule has 0 fully saturated rings. The van der Waals surface area contributed by atoms with Crippen molar-refractivity contribution in [2.75, 3.05) is 27.4 Å². The van der Waals surface area contributed by atoms with E-state index in [1.807, 2.05) is 0 Å². The van der Waals surface area contributed by atoms with Gasteiger partial charge in [-0.15, -0.1) is 0 Å². The van der Waals surface area contributed by atoms with E-state index in [0.29, 0.717) is 26.1 Å². The first-order chi connectivity index (χ1) is 7.54. The lowest BCUT2D eigenvalue weighted by Crippen LogP contribution is -2.39. The molecule has 0 spiro atoms. The molecule has 0 bridgehead atoms. The third-order valence-electron chi connectivity index (χ3n) is 2.48. The zero-order chi connectivity index (χ0) is 12.6. The molecule has 0 aliphatic carbocycles. The standard InChI is InChI=1S/C10H20N2O4/c1-15-5-3-7(9(11)13)8(10(12)14)4-6-16-2/h7-8H,3-6H2,1-2H3,(H2,11,13)(H2,12,14). The van der Waals surface area contributed by atoms with Crippen molar-refractivity contribution in [3.05, 3.63) is 0 Å². The van der Waals surface area contributed by atoms with Crippen LogP contribution in [0.5, 0.6) is 0 Å². The van der Waals surface area contributed by atoms with Crippen LogP contribution in [-0.4, -0.2) is 39.2 Å². The number of ether oxygens (including phenoxy) is 2. The molecule has 0 aromatic heterocycles. The number of hydrogen-bond donors (Lipinski definition) is 2. The van der Waals surface area contributed by atoms with Crippen molar-refractivity contribution in [1.82, 2.24) is 0 Å². The second-order valence-electron chi connectivity index (χ2n) is 3.58. The Bertz CT molecular complexity index is 209. The van der Waals surface area contributed by atoms with Crippen LogP contribution in [0.25, 0.3) is 0 Å². The van der Waals surface area contributed by atoms with E-state index in [-0.39, 0.29) is 0 Å². The SMILES string of the molecule is COCCC(C(N)=O)C(CCOC)C(N)=O. The third kappa shape index (κ3) is 5.09. The highest BCUT2D eigenvalue weighted by Crippen LogP contribution is 2.19. The summed E-state index contributed by atoms with van der Waals surface area (Å²) in [6.45, 7) is 0.731. The largest absolute Gasteiger partial charge is 0.385 e. The number of rotatable bonds is 9. The topological polar surface area (TPSA) is 105 Å². The highest BCUT2D eigenvalue weighted by Gasteiger charge is 2.30. The number of carbonyl (C=O) groups is 2. The van der Waals surface area contributed by atoms with Gasteiger partial charge in [-0.05, 0) is 12.8 Å². The molecule has 0 aliphatic heterocycles. The number of amides is 2. The molecule has 2 amide bonds. The molecular formula is C10H20N2O4. The van der Waals surface area contributed by atoms with Gasteiger partial charge in [0.1, 0.15) is 0 Å². The normalized spacial score (nSPS) is 14.4. The molecule has 4 N–H and O–H groups in total. The van der Waals surface area contributed by atoms with Crippen LogP contribution < -0.4 is 11.5 Å². The lowest BCUT2D eigenvalue weighted by atomic mass is 9.86. The first kappa shape index (κ1) is 14.9. The van der Waals surface area contributed by atoms with Crippen molar-refractivity contribution in [2.45, 2.75) is 12.8 Å². The fraction of sp³-hybridized carbons (Fsp3) is 0.800. The van der Waals surface area contributed by atoms with E-state index in [1.54, 1.807) is 0 Å². The number of primary amides is 2. The Morgan fingerprint density at radius 2 is 1.25 bits per heavy atom. The number of nitrogens with two attached hydrogens (primary N) is 2. The van der Waals surface area contributed by atoms with Gasteiger partial charge < -0.3 is 20.9 Å². The highest BCUT2D eigenvalue weighted by molar-refractivity contribution is 5.85. The lowest BCUT2D eigenvalue weighted by molar-refractivity contribution is -0.132. The fourth-order valence-electron chi connectivity index (χ4n) is 1.57. The summed E-state index contributed by atoms with van der Waals surface area (Å²) in [5, 5.41) is 0. The second kappa shape index (κ2) is 8.06. The first-order valence-electron chi connectivity index (χ1n) is 5.11. The van der Waals surface area contributed by atoms with E-state index in [2.05, 4.69) is 0 Å². The van der Waals surface area contributed by atoms with Gasteiger partial charge in [-0.3, -0.25) is 9.59 Å². The highest BCUT2D eigenvalue weighted by atomic mass is 16.5. The summed E-state index contributed by atoms with van der Waals surface area (Å²) in [6.07, 6.45) is 0.784. The van der Waals surface area contributed by atoms with E-state index in [4.69, 9.17) is 20.9 Å². The molecule has 0 saturated carbocycles. The summed E-state index contributed by atoms with van der Waals surface area (Å²) in [5.41, 5.74) is 10.5. The molecule has 0 aromatic carbocycles. The van der Waals surface area contributed by atoms with Gasteiger partial charge in [-0.1, -0.05) is 0 Å². The summed E-state index contributed by atoms with van der Waals surface area (Å²) in [7, 11) is 3.04. The Balaban J connectivity index is 4.52. The van der Waals surface area contributed by atoms with Crippen LogP contribution in [-0.2, 0) is 19.1 Å². The Hall–Kier alpha value is -1.14. The molecule has 94 valence electrons. The van der Waals surface area contributed by atoms with Gasteiger partial charge in [0.05, 0.1) is 11.8 Å². The number of hydrogen-bond acceptors (Lipinski definition) is 4. The minimum absolute atomic E-state index is 0.365. The molecule has 0 heterocycles. The van der Waals surface area contributed by atoms with E-state index >= 15 is 0 Å². The van der Waals surface area contributed by atoms with E-state index in [0.717, 1.165) is 0 Å². The van der Waals surface area contributed by atoms with Gasteiger partial charge in [-0.2, -0.15) is 0 Å². The number of carbonyl (C=O) groups excluding carboxylic acids is 2. The van der Waals surface area contributed by atoms with Crippen LogP contribution in [0.4, 0.5) is 0 Å². The van der Waals surface area contributed by atoms with Gasteiger partial charge in [-0.25, -0.2) is 0 Å². The molecule has 0 radical (unpaired) electrons. The second-order valence-corrected chi connectivity index (χ2v) is 3.58. The summed E-state index contributed by atoms with van der Waals surface area (Å²) < 4.78 is 9.73. The molecule has 6 heteroatoms. The first-order valence-corrected chi connectivity index (χ1v) is 5.11. The van der Waals surface area contributed by atoms with Crippen molar-refractivity contribution in [3.8, 4) is 0 Å². The van der Waals surface area contributed by atoms with Gasteiger partial charge in [0.2, 0.25) is 11.8 Å². The molecule has 0 rings (SSSR count). The third-order valence-corrected chi connectivity index (χ3v) is 2.48. The van der Waals surface area contributed by atoms with Gasteiger partial charge in [0.25, 0.3) is 0 Å². The van der Waals surface area contributed by atoms with Gasteiger partial charge >= 0.3 is 0 Å². The Kier molecular flexibility index (Phi) is 7.49. The van der Waals surface area contributed by atoms with Crippen LogP contribution in [0.15, 0.2) is 0 Å². The van der Waals surface area contributed by atoms with Gasteiger partial charge in [0.15, 0.2) is 0 Å². The van der Waals surface area contributed by atoms with Crippen LogP contribution >= 0.6 is 0 Å². The van der Waals surface area contributed by atoms with Crippen LogP contribution in [0.2, 0.25) is 0 Å². The van der Waals surface area contributed by atoms with Gasteiger partial charge in [0, 0.05) is 27.4 Å². The molecule has 16 heavy (non-hydrogen) atoms. The van der Waals surface area contributed by atoms with E-state index in [9.17, 15) is 9.59 Å². The lowest BCUT2D eigenvalue weighted by Gasteiger charge is -2.21. The monoisotopic (exact) mass is 232 g/mol. The maximum Gasteiger partial charge on any atom is 0.221 e. The minimum Gasteiger partial charge on any atom is -0.385 e. The quantitative estimate of drug-likeness (QED) is 0.546. The van der Waals surface area contributed by atoms with Crippen molar-refractivity contribution < 1.29 is 19.1 Å². The maximum atomic E-state index is 11.2. The predicted octanol–water partition coefficient (Wildman–Crippen LogP) is -0.738. The van der Waals surface area contributed by atoms with Crippen molar-refractivity contribution in [1.29, 1.82) is 0 Å². The molecule has 2 atom stereocenters. The van der Waals surface area contributed by atoms with Crippen molar-refractivity contribution in [3.63, 3.8) is 0 Å². The summed E-state index contributed by atoms with van der Waals surface area (Å²) in [5.74, 6) is -2.24. The maximum absolute atomic E-state index is 11.2. The summed E-state index contributed by atoms with van der Waals surface area (Å²) >= 11 is 0. The summed E-state index contributed by atoms with van der Waals surface area (Å²) in [4.78, 5) is 22.5. The average molecular weight is 232 g/mol. The van der Waals surface area contributed by atoms with Crippen molar-refractivity contribution >= 4 is 11.8 Å². The molecule has 0 aliphatic rings. The Morgan fingerprint density at radius 3 is 1.44 bits per heavy atom. The summed E-state index contributed by atoms with van der Waals surface area (Å²) in [6, 6.07) is 0.